The summed E-state index contributed by atoms with van der Waals surface area (Å²) in [5, 5.41) is 0.289. The molecule has 0 spiro atoms. The molecule has 66 valence electrons. The van der Waals surface area contributed by atoms with Gasteiger partial charge in [-0.3, -0.25) is 0 Å². The van der Waals surface area contributed by atoms with E-state index in [9.17, 15) is 8.42 Å². The van der Waals surface area contributed by atoms with Gasteiger partial charge < -0.3 is 0 Å². The number of sulfone groups is 1. The molecule has 0 saturated heterocycles. The highest BCUT2D eigenvalue weighted by Gasteiger charge is 2.13. The first kappa shape index (κ1) is 9.55. The first-order valence-corrected chi connectivity index (χ1v) is 5.65. The number of benzene rings is 1. The van der Waals surface area contributed by atoms with E-state index in [2.05, 4.69) is 0 Å². The molecule has 0 saturated carbocycles. The third-order valence-electron chi connectivity index (χ3n) is 1.53. The van der Waals surface area contributed by atoms with Crippen molar-refractivity contribution in [3.8, 4) is 0 Å². The van der Waals surface area contributed by atoms with Crippen LogP contribution in [0.5, 0.6) is 0 Å². The molecule has 0 aliphatic heterocycles. The van der Waals surface area contributed by atoms with Crippen LogP contribution in [0.1, 0.15) is 5.56 Å². The summed E-state index contributed by atoms with van der Waals surface area (Å²) in [4.78, 5) is 0.228. The number of hydrogen-bond acceptors (Lipinski definition) is 2. The van der Waals surface area contributed by atoms with E-state index in [0.717, 1.165) is 6.26 Å². The number of halogens is 1. The molecule has 12 heavy (non-hydrogen) atoms. The lowest BCUT2D eigenvalue weighted by Crippen LogP contribution is -2.00. The largest absolute Gasteiger partial charge is 0.224 e. The van der Waals surface area contributed by atoms with Gasteiger partial charge in [0.1, 0.15) is 0 Å². The second-order valence-electron chi connectivity index (χ2n) is 2.66. The fourth-order valence-electron chi connectivity index (χ4n) is 1.09. The maximum absolute atomic E-state index is 11.2. The SMILES string of the molecule is Cc1cccc(Cl)c1S(C)(=O)=O. The molecule has 0 radical (unpaired) electrons. The van der Waals surface area contributed by atoms with Gasteiger partial charge in [-0.15, -0.1) is 0 Å². The zero-order chi connectivity index (χ0) is 9.35. The van der Waals surface area contributed by atoms with Crippen LogP contribution in [0.3, 0.4) is 0 Å². The van der Waals surface area contributed by atoms with Gasteiger partial charge in [-0.25, -0.2) is 8.42 Å². The molecule has 1 rings (SSSR count). The minimum Gasteiger partial charge on any atom is -0.224 e. The molecule has 0 amide bonds. The van der Waals surface area contributed by atoms with Crippen LogP contribution in [0.25, 0.3) is 0 Å². The molecule has 0 bridgehead atoms. The van der Waals surface area contributed by atoms with Crippen LogP contribution in [0.4, 0.5) is 0 Å². The van der Waals surface area contributed by atoms with Crippen LogP contribution in [-0.4, -0.2) is 14.7 Å². The van der Waals surface area contributed by atoms with Crippen LogP contribution in [0.15, 0.2) is 23.1 Å². The Balaban J connectivity index is 3.53. The summed E-state index contributed by atoms with van der Waals surface area (Å²) in [6, 6.07) is 5.03. The van der Waals surface area contributed by atoms with Gasteiger partial charge in [0.15, 0.2) is 9.84 Å². The Labute approximate surface area is 77.1 Å². The van der Waals surface area contributed by atoms with Crippen molar-refractivity contribution >= 4 is 21.4 Å². The molecule has 0 unspecified atom stereocenters. The van der Waals surface area contributed by atoms with Gasteiger partial charge in [0, 0.05) is 6.26 Å². The Hall–Kier alpha value is -0.540. The summed E-state index contributed by atoms with van der Waals surface area (Å²) in [6.45, 7) is 1.72. The Morgan fingerprint density at radius 2 is 1.92 bits per heavy atom. The number of aryl methyl sites for hydroxylation is 1. The van der Waals surface area contributed by atoms with Crippen molar-refractivity contribution in [3.05, 3.63) is 28.8 Å². The first-order valence-electron chi connectivity index (χ1n) is 3.38. The zero-order valence-corrected chi connectivity index (χ0v) is 8.41. The molecule has 2 nitrogen and oxygen atoms in total. The summed E-state index contributed by atoms with van der Waals surface area (Å²) < 4.78 is 22.4. The fraction of sp³-hybridized carbons (Fsp3) is 0.250. The standard InChI is InChI=1S/C8H9ClO2S/c1-6-4-3-5-7(9)8(6)12(2,10)11/h3-5H,1-2H3. The Morgan fingerprint density at radius 1 is 1.33 bits per heavy atom. The quantitative estimate of drug-likeness (QED) is 0.702. The van der Waals surface area contributed by atoms with Crippen LogP contribution in [0, 0.1) is 6.92 Å². The highest BCUT2D eigenvalue weighted by atomic mass is 35.5. The predicted molar refractivity (Wildman–Crippen MR) is 49.3 cm³/mol. The van der Waals surface area contributed by atoms with Crippen molar-refractivity contribution in [2.24, 2.45) is 0 Å². The van der Waals surface area contributed by atoms with E-state index >= 15 is 0 Å². The van der Waals surface area contributed by atoms with E-state index < -0.39 is 9.84 Å². The molecule has 0 atom stereocenters. The summed E-state index contributed by atoms with van der Waals surface area (Å²) in [5.41, 5.74) is 0.685. The van der Waals surface area contributed by atoms with Crippen LogP contribution in [-0.2, 0) is 9.84 Å². The molecule has 0 aliphatic rings. The van der Waals surface area contributed by atoms with Crippen molar-refractivity contribution in [3.63, 3.8) is 0 Å². The molecular weight excluding hydrogens is 196 g/mol. The van der Waals surface area contributed by atoms with Crippen LogP contribution in [0.2, 0.25) is 5.02 Å². The molecule has 0 aromatic heterocycles. The van der Waals surface area contributed by atoms with Crippen LogP contribution >= 0.6 is 11.6 Å². The van der Waals surface area contributed by atoms with E-state index in [-0.39, 0.29) is 9.92 Å². The predicted octanol–water partition coefficient (Wildman–Crippen LogP) is 2.05. The van der Waals surface area contributed by atoms with Gasteiger partial charge >= 0.3 is 0 Å². The van der Waals surface area contributed by atoms with Gasteiger partial charge in [-0.05, 0) is 18.6 Å². The lowest BCUT2D eigenvalue weighted by atomic mass is 10.2. The monoisotopic (exact) mass is 204 g/mol. The second kappa shape index (κ2) is 3.07. The Bertz CT molecular complexity index is 375. The highest BCUT2D eigenvalue weighted by molar-refractivity contribution is 7.90. The van der Waals surface area contributed by atoms with Gasteiger partial charge in [0.25, 0.3) is 0 Å². The summed E-state index contributed by atoms with van der Waals surface area (Å²) in [5.74, 6) is 0. The zero-order valence-electron chi connectivity index (χ0n) is 6.83. The van der Waals surface area contributed by atoms with Crippen LogP contribution < -0.4 is 0 Å². The van der Waals surface area contributed by atoms with E-state index in [0.29, 0.717) is 5.56 Å². The Kier molecular flexibility index (Phi) is 2.44. The van der Waals surface area contributed by atoms with Crippen molar-refractivity contribution < 1.29 is 8.42 Å². The molecule has 1 aromatic rings. The van der Waals surface area contributed by atoms with E-state index in [4.69, 9.17) is 11.6 Å². The maximum atomic E-state index is 11.2. The third kappa shape index (κ3) is 1.79. The maximum Gasteiger partial charge on any atom is 0.177 e. The minimum atomic E-state index is -3.20. The molecule has 1 aromatic carbocycles. The van der Waals surface area contributed by atoms with E-state index in [1.54, 1.807) is 25.1 Å². The molecule has 4 heteroatoms. The van der Waals surface area contributed by atoms with E-state index in [1.165, 1.54) is 0 Å². The minimum absolute atomic E-state index is 0.228. The topological polar surface area (TPSA) is 34.1 Å². The fourth-order valence-corrected chi connectivity index (χ4v) is 2.80. The summed E-state index contributed by atoms with van der Waals surface area (Å²) >= 11 is 5.73. The van der Waals surface area contributed by atoms with Gasteiger partial charge in [-0.1, -0.05) is 23.7 Å². The highest BCUT2D eigenvalue weighted by Crippen LogP contribution is 2.24. The van der Waals surface area contributed by atoms with Crippen molar-refractivity contribution in [2.45, 2.75) is 11.8 Å². The van der Waals surface area contributed by atoms with Gasteiger partial charge in [0.05, 0.1) is 9.92 Å². The van der Waals surface area contributed by atoms with Crippen molar-refractivity contribution in [1.82, 2.24) is 0 Å². The smallest absolute Gasteiger partial charge is 0.177 e. The van der Waals surface area contributed by atoms with E-state index in [1.807, 2.05) is 0 Å². The van der Waals surface area contributed by atoms with Crippen molar-refractivity contribution in [1.29, 1.82) is 0 Å². The van der Waals surface area contributed by atoms with Gasteiger partial charge in [0.2, 0.25) is 0 Å². The second-order valence-corrected chi connectivity index (χ2v) is 5.02. The van der Waals surface area contributed by atoms with Gasteiger partial charge in [-0.2, -0.15) is 0 Å². The molecule has 0 aliphatic carbocycles. The molecular formula is C8H9ClO2S. The molecule has 0 fully saturated rings. The lowest BCUT2D eigenvalue weighted by molar-refractivity contribution is 0.601. The third-order valence-corrected chi connectivity index (χ3v) is 3.25. The normalized spacial score (nSPS) is 11.6. The Morgan fingerprint density at radius 3 is 2.25 bits per heavy atom. The first-order chi connectivity index (χ1) is 5.43. The molecule has 0 N–H and O–H groups in total. The number of rotatable bonds is 1. The summed E-state index contributed by atoms with van der Waals surface area (Å²) in [6.07, 6.45) is 1.15. The lowest BCUT2D eigenvalue weighted by Gasteiger charge is -2.04. The summed E-state index contributed by atoms with van der Waals surface area (Å²) in [7, 11) is -3.20. The number of hydrogen-bond donors (Lipinski definition) is 0. The van der Waals surface area contributed by atoms with Crippen molar-refractivity contribution in [2.75, 3.05) is 6.26 Å². The molecule has 0 heterocycles. The average Bonchev–Trinajstić information content (AvgIpc) is 1.82. The average molecular weight is 205 g/mol.